The van der Waals surface area contributed by atoms with E-state index in [1.165, 1.54) is 5.56 Å². The van der Waals surface area contributed by atoms with Crippen LogP contribution in [0, 0.1) is 0 Å². The molecule has 0 atom stereocenters. The Labute approximate surface area is 105 Å². The average Bonchev–Trinajstić information content (AvgIpc) is 2.13. The Balaban J connectivity index is 2.80. The maximum Gasteiger partial charge on any atom is 0.0528 e. The van der Waals surface area contributed by atoms with Crippen molar-refractivity contribution in [2.45, 2.75) is 32.4 Å². The van der Waals surface area contributed by atoms with Crippen molar-refractivity contribution in [2.75, 3.05) is 0 Å². The summed E-state index contributed by atoms with van der Waals surface area (Å²) in [6, 6.07) is 8.21. The molecule has 0 amide bonds. The summed E-state index contributed by atoms with van der Waals surface area (Å²) >= 11 is 5.07. The fourth-order valence-corrected chi connectivity index (χ4v) is 1.89. The summed E-state index contributed by atoms with van der Waals surface area (Å²) in [5.74, 6) is 0. The Bertz CT molecular complexity index is 366. The van der Waals surface area contributed by atoms with E-state index in [4.69, 9.17) is 0 Å². The molecule has 0 N–H and O–H groups in total. The SMILES string of the molecule is CC(=NSC(C)(C)C)c1cccc(Br)c1. The highest BCUT2D eigenvalue weighted by molar-refractivity contribution is 9.10. The van der Waals surface area contributed by atoms with Crippen LogP contribution in [0.2, 0.25) is 0 Å². The molecule has 0 aliphatic heterocycles. The summed E-state index contributed by atoms with van der Waals surface area (Å²) in [6.45, 7) is 8.53. The Hall–Kier alpha value is -0.280. The van der Waals surface area contributed by atoms with Crippen LogP contribution in [0.15, 0.2) is 33.1 Å². The lowest BCUT2D eigenvalue weighted by Gasteiger charge is -2.13. The molecule has 0 aliphatic rings. The standard InChI is InChI=1S/C12H16BrNS/c1-9(14-15-12(2,3)4)10-6-5-7-11(13)8-10/h5-8H,1-4H3. The monoisotopic (exact) mass is 285 g/mol. The average molecular weight is 286 g/mol. The van der Waals surface area contributed by atoms with Crippen LogP contribution in [0.25, 0.3) is 0 Å². The van der Waals surface area contributed by atoms with E-state index in [9.17, 15) is 0 Å². The molecule has 0 heterocycles. The van der Waals surface area contributed by atoms with E-state index >= 15 is 0 Å². The summed E-state index contributed by atoms with van der Waals surface area (Å²) in [4.78, 5) is 0. The van der Waals surface area contributed by atoms with Gasteiger partial charge in [-0.1, -0.05) is 28.1 Å². The number of hydrogen-bond donors (Lipinski definition) is 0. The number of rotatable bonds is 2. The van der Waals surface area contributed by atoms with Gasteiger partial charge in [0.05, 0.1) is 5.71 Å². The summed E-state index contributed by atoms with van der Waals surface area (Å²) in [6.07, 6.45) is 0. The van der Waals surface area contributed by atoms with Crippen LogP contribution in [0.4, 0.5) is 0 Å². The van der Waals surface area contributed by atoms with E-state index < -0.39 is 0 Å². The van der Waals surface area contributed by atoms with Crippen LogP contribution in [0.3, 0.4) is 0 Å². The second-order valence-electron chi connectivity index (χ2n) is 4.39. The van der Waals surface area contributed by atoms with Gasteiger partial charge in [-0.2, -0.15) is 0 Å². The summed E-state index contributed by atoms with van der Waals surface area (Å²) < 4.78 is 5.79. The predicted octanol–water partition coefficient (Wildman–Crippen LogP) is 4.70. The van der Waals surface area contributed by atoms with Crippen molar-refractivity contribution in [1.29, 1.82) is 0 Å². The third-order valence-corrected chi connectivity index (χ3v) is 3.10. The van der Waals surface area contributed by atoms with Gasteiger partial charge in [-0.3, -0.25) is 0 Å². The second kappa shape index (κ2) is 5.17. The third kappa shape index (κ3) is 4.85. The zero-order valence-electron chi connectivity index (χ0n) is 9.54. The molecule has 1 rings (SSSR count). The third-order valence-electron chi connectivity index (χ3n) is 1.70. The van der Waals surface area contributed by atoms with Gasteiger partial charge in [-0.25, -0.2) is 4.40 Å². The molecule has 1 nitrogen and oxygen atoms in total. The fraction of sp³-hybridized carbons (Fsp3) is 0.417. The molecule has 82 valence electrons. The topological polar surface area (TPSA) is 12.4 Å². The first-order chi connectivity index (χ1) is 6.88. The van der Waals surface area contributed by atoms with Gasteiger partial charge < -0.3 is 0 Å². The molecule has 0 aromatic heterocycles. The van der Waals surface area contributed by atoms with Gasteiger partial charge in [-0.05, 0) is 57.3 Å². The molecule has 3 heteroatoms. The number of nitrogens with zero attached hydrogens (tertiary/aromatic N) is 1. The van der Waals surface area contributed by atoms with Crippen molar-refractivity contribution in [3.8, 4) is 0 Å². The highest BCUT2D eigenvalue weighted by Crippen LogP contribution is 2.25. The van der Waals surface area contributed by atoms with Crippen LogP contribution < -0.4 is 0 Å². The molecular weight excluding hydrogens is 270 g/mol. The van der Waals surface area contributed by atoms with Crippen LogP contribution in [-0.4, -0.2) is 10.5 Å². The van der Waals surface area contributed by atoms with E-state index in [1.54, 1.807) is 11.9 Å². The normalized spacial score (nSPS) is 13.0. The molecule has 0 radical (unpaired) electrons. The molecule has 1 aromatic rings. The van der Waals surface area contributed by atoms with E-state index in [1.807, 2.05) is 19.1 Å². The van der Waals surface area contributed by atoms with E-state index in [0.717, 1.165) is 10.2 Å². The van der Waals surface area contributed by atoms with Crippen molar-refractivity contribution >= 4 is 33.6 Å². The maximum absolute atomic E-state index is 4.52. The van der Waals surface area contributed by atoms with Gasteiger partial charge in [0.15, 0.2) is 0 Å². The predicted molar refractivity (Wildman–Crippen MR) is 73.7 cm³/mol. The molecule has 0 saturated carbocycles. The maximum atomic E-state index is 4.52. The lowest BCUT2D eigenvalue weighted by atomic mass is 10.1. The summed E-state index contributed by atoms with van der Waals surface area (Å²) in [5, 5.41) is 0. The van der Waals surface area contributed by atoms with Gasteiger partial charge in [-0.15, -0.1) is 0 Å². The first-order valence-corrected chi connectivity index (χ1v) is 6.44. The lowest BCUT2D eigenvalue weighted by Crippen LogP contribution is -2.06. The van der Waals surface area contributed by atoms with Gasteiger partial charge in [0.2, 0.25) is 0 Å². The van der Waals surface area contributed by atoms with E-state index in [-0.39, 0.29) is 4.75 Å². The lowest BCUT2D eigenvalue weighted by molar-refractivity contribution is 0.804. The van der Waals surface area contributed by atoms with Gasteiger partial charge in [0.1, 0.15) is 0 Å². The van der Waals surface area contributed by atoms with Crippen LogP contribution in [0.1, 0.15) is 33.3 Å². The molecule has 0 saturated heterocycles. The van der Waals surface area contributed by atoms with Gasteiger partial charge in [0, 0.05) is 9.22 Å². The molecule has 0 spiro atoms. The van der Waals surface area contributed by atoms with Crippen LogP contribution in [-0.2, 0) is 0 Å². The van der Waals surface area contributed by atoms with Crippen LogP contribution >= 0.6 is 27.9 Å². The minimum Gasteiger partial charge on any atom is -0.220 e. The molecule has 0 fully saturated rings. The quantitative estimate of drug-likeness (QED) is 0.567. The van der Waals surface area contributed by atoms with Crippen molar-refractivity contribution in [2.24, 2.45) is 4.40 Å². The molecular formula is C12H16BrNS. The molecule has 0 aliphatic carbocycles. The smallest absolute Gasteiger partial charge is 0.0528 e. The van der Waals surface area contributed by atoms with Crippen molar-refractivity contribution in [3.05, 3.63) is 34.3 Å². The van der Waals surface area contributed by atoms with E-state index in [2.05, 4.69) is 53.2 Å². The fourth-order valence-electron chi connectivity index (χ4n) is 0.972. The van der Waals surface area contributed by atoms with Crippen LogP contribution in [0.5, 0.6) is 0 Å². The van der Waals surface area contributed by atoms with Crippen molar-refractivity contribution < 1.29 is 0 Å². The second-order valence-corrected chi connectivity index (χ2v) is 6.90. The molecule has 0 bridgehead atoms. The first kappa shape index (κ1) is 12.8. The van der Waals surface area contributed by atoms with E-state index in [0.29, 0.717) is 0 Å². The highest BCUT2D eigenvalue weighted by Gasteiger charge is 2.10. The van der Waals surface area contributed by atoms with Gasteiger partial charge in [0.25, 0.3) is 0 Å². The Morgan fingerprint density at radius 2 is 2.00 bits per heavy atom. The van der Waals surface area contributed by atoms with Crippen molar-refractivity contribution in [1.82, 2.24) is 0 Å². The minimum absolute atomic E-state index is 0.174. The largest absolute Gasteiger partial charge is 0.220 e. The Morgan fingerprint density at radius 1 is 1.33 bits per heavy atom. The first-order valence-electron chi connectivity index (χ1n) is 4.87. The molecule has 15 heavy (non-hydrogen) atoms. The number of halogens is 1. The number of hydrogen-bond acceptors (Lipinski definition) is 2. The molecule has 1 aromatic carbocycles. The van der Waals surface area contributed by atoms with Crippen molar-refractivity contribution in [3.63, 3.8) is 0 Å². The molecule has 0 unspecified atom stereocenters. The number of benzene rings is 1. The summed E-state index contributed by atoms with van der Waals surface area (Å²) in [7, 11) is 0. The van der Waals surface area contributed by atoms with Gasteiger partial charge >= 0.3 is 0 Å². The zero-order chi connectivity index (χ0) is 11.5. The Morgan fingerprint density at radius 3 is 2.53 bits per heavy atom. The minimum atomic E-state index is 0.174. The summed E-state index contributed by atoms with van der Waals surface area (Å²) in [5.41, 5.74) is 2.23. The zero-order valence-corrected chi connectivity index (χ0v) is 11.9. The Kier molecular flexibility index (Phi) is 4.41. The highest BCUT2D eigenvalue weighted by atomic mass is 79.9.